The fraction of sp³-hybridized carbons (Fsp3) is 0.0667. The van der Waals surface area contributed by atoms with Gasteiger partial charge in [-0.25, -0.2) is 4.98 Å². The van der Waals surface area contributed by atoms with Crippen LogP contribution in [0.2, 0.25) is 5.02 Å². The Kier molecular flexibility index (Phi) is 4.13. The molecule has 0 unspecified atom stereocenters. The van der Waals surface area contributed by atoms with Crippen molar-refractivity contribution in [1.29, 1.82) is 0 Å². The molecule has 0 saturated heterocycles. The highest BCUT2D eigenvalue weighted by molar-refractivity contribution is 7.99. The summed E-state index contributed by atoms with van der Waals surface area (Å²) in [6.45, 7) is 0. The van der Waals surface area contributed by atoms with E-state index in [0.29, 0.717) is 16.5 Å². The first-order valence-electron chi connectivity index (χ1n) is 6.33. The lowest BCUT2D eigenvalue weighted by molar-refractivity contribution is 0.101. The Hall–Kier alpha value is -1.98. The van der Waals surface area contributed by atoms with Crippen LogP contribution in [0.3, 0.4) is 0 Å². The van der Waals surface area contributed by atoms with Gasteiger partial charge in [-0.2, -0.15) is 0 Å². The molecule has 0 aliphatic rings. The molecule has 0 aliphatic heterocycles. The van der Waals surface area contributed by atoms with Crippen LogP contribution in [0.1, 0.15) is 10.5 Å². The van der Waals surface area contributed by atoms with Gasteiger partial charge in [-0.15, -0.1) is 0 Å². The Morgan fingerprint density at radius 1 is 1.33 bits per heavy atom. The lowest BCUT2D eigenvalue weighted by atomic mass is 10.3. The molecule has 0 fully saturated rings. The minimum Gasteiger partial charge on any atom is -0.359 e. The first kappa shape index (κ1) is 14.0. The minimum atomic E-state index is 0.0469. The third-order valence-corrected chi connectivity index (χ3v) is 4.13. The number of nitrogens with zero attached hydrogens (tertiary/aromatic N) is 2. The number of halogens is 1. The summed E-state index contributed by atoms with van der Waals surface area (Å²) >= 11 is 7.41. The van der Waals surface area contributed by atoms with Crippen LogP contribution >= 0.6 is 23.4 Å². The summed E-state index contributed by atoms with van der Waals surface area (Å²) in [4.78, 5) is 19.2. The third-order valence-electron chi connectivity index (χ3n) is 2.92. The topological polar surface area (TPSA) is 50.7 Å². The molecule has 3 rings (SSSR count). The van der Waals surface area contributed by atoms with Crippen molar-refractivity contribution in [2.45, 2.75) is 5.16 Å². The standard InChI is InChI=1S/C15H12ClN3OS/c16-11-3-1-4-12(9-11)19-8-7-18-15(19)21-10-14(20)13-5-2-6-17-13/h1-9,17H,10H2. The van der Waals surface area contributed by atoms with E-state index in [-0.39, 0.29) is 5.78 Å². The first-order chi connectivity index (χ1) is 10.2. The van der Waals surface area contributed by atoms with Gasteiger partial charge >= 0.3 is 0 Å². The molecule has 3 aromatic rings. The molecule has 2 aromatic heterocycles. The number of H-pyrrole nitrogens is 1. The second-order valence-corrected chi connectivity index (χ2v) is 5.73. The molecule has 0 bridgehead atoms. The highest BCUT2D eigenvalue weighted by atomic mass is 35.5. The molecular formula is C15H12ClN3OS. The van der Waals surface area contributed by atoms with Crippen LogP contribution in [-0.2, 0) is 0 Å². The number of carbonyl (C=O) groups is 1. The molecule has 0 spiro atoms. The average Bonchev–Trinajstić information content (AvgIpc) is 3.16. The van der Waals surface area contributed by atoms with E-state index >= 15 is 0 Å². The Morgan fingerprint density at radius 3 is 3.00 bits per heavy atom. The minimum absolute atomic E-state index is 0.0469. The van der Waals surface area contributed by atoms with Gasteiger partial charge in [0.15, 0.2) is 10.9 Å². The van der Waals surface area contributed by atoms with Gasteiger partial charge < -0.3 is 4.98 Å². The molecule has 0 atom stereocenters. The zero-order chi connectivity index (χ0) is 14.7. The van der Waals surface area contributed by atoms with Crippen molar-refractivity contribution >= 4 is 29.1 Å². The molecule has 1 N–H and O–H groups in total. The van der Waals surface area contributed by atoms with Gasteiger partial charge in [-0.1, -0.05) is 29.4 Å². The number of imidazole rings is 1. The molecule has 0 aliphatic carbocycles. The lowest BCUT2D eigenvalue weighted by Gasteiger charge is -2.07. The highest BCUT2D eigenvalue weighted by Crippen LogP contribution is 2.23. The summed E-state index contributed by atoms with van der Waals surface area (Å²) in [6, 6.07) is 11.1. The van der Waals surface area contributed by atoms with Gasteiger partial charge in [0.25, 0.3) is 0 Å². The zero-order valence-corrected chi connectivity index (χ0v) is 12.6. The van der Waals surface area contributed by atoms with E-state index in [0.717, 1.165) is 10.8 Å². The number of Topliss-reactive ketones (excluding diaryl/α,β-unsaturated/α-hetero) is 1. The maximum absolute atomic E-state index is 12.0. The smallest absolute Gasteiger partial charge is 0.189 e. The molecule has 6 heteroatoms. The van der Waals surface area contributed by atoms with E-state index in [1.807, 2.05) is 41.1 Å². The molecule has 0 saturated carbocycles. The normalized spacial score (nSPS) is 10.7. The maximum atomic E-state index is 12.0. The number of nitrogens with one attached hydrogen (secondary N) is 1. The van der Waals surface area contributed by atoms with Crippen molar-refractivity contribution in [1.82, 2.24) is 14.5 Å². The van der Waals surface area contributed by atoms with E-state index < -0.39 is 0 Å². The molecule has 21 heavy (non-hydrogen) atoms. The molecule has 4 nitrogen and oxygen atoms in total. The maximum Gasteiger partial charge on any atom is 0.189 e. The van der Waals surface area contributed by atoms with Crippen LogP contribution < -0.4 is 0 Å². The van der Waals surface area contributed by atoms with E-state index in [4.69, 9.17) is 11.6 Å². The average molecular weight is 318 g/mol. The third kappa shape index (κ3) is 3.20. The summed E-state index contributed by atoms with van der Waals surface area (Å²) in [5.41, 5.74) is 1.54. The molecular weight excluding hydrogens is 306 g/mol. The number of ketones is 1. The highest BCUT2D eigenvalue weighted by Gasteiger charge is 2.11. The Balaban J connectivity index is 1.76. The van der Waals surface area contributed by atoms with E-state index in [9.17, 15) is 4.79 Å². The fourth-order valence-corrected chi connectivity index (χ4v) is 2.97. The summed E-state index contributed by atoms with van der Waals surface area (Å²) in [5.74, 6) is 0.378. The first-order valence-corrected chi connectivity index (χ1v) is 7.69. The summed E-state index contributed by atoms with van der Waals surface area (Å²) in [5, 5.41) is 1.43. The van der Waals surface area contributed by atoms with Gasteiger partial charge in [-0.3, -0.25) is 9.36 Å². The van der Waals surface area contributed by atoms with Gasteiger partial charge in [-0.05, 0) is 30.3 Å². The second kappa shape index (κ2) is 6.20. The number of benzene rings is 1. The van der Waals surface area contributed by atoms with Crippen LogP contribution in [-0.4, -0.2) is 26.1 Å². The van der Waals surface area contributed by atoms with Crippen molar-refractivity contribution in [3.8, 4) is 5.69 Å². The summed E-state index contributed by atoms with van der Waals surface area (Å²) < 4.78 is 1.92. The van der Waals surface area contributed by atoms with Crippen molar-refractivity contribution in [3.63, 3.8) is 0 Å². The summed E-state index contributed by atoms with van der Waals surface area (Å²) in [7, 11) is 0. The lowest BCUT2D eigenvalue weighted by Crippen LogP contribution is -2.04. The Morgan fingerprint density at radius 2 is 2.24 bits per heavy atom. The SMILES string of the molecule is O=C(CSc1nccn1-c1cccc(Cl)c1)c1ccc[nH]1. The molecule has 2 heterocycles. The van der Waals surface area contributed by atoms with Crippen LogP contribution in [0.25, 0.3) is 5.69 Å². The van der Waals surface area contributed by atoms with Crippen molar-refractivity contribution < 1.29 is 4.79 Å². The van der Waals surface area contributed by atoms with E-state index in [1.165, 1.54) is 11.8 Å². The van der Waals surface area contributed by atoms with Crippen molar-refractivity contribution in [3.05, 3.63) is 65.7 Å². The largest absolute Gasteiger partial charge is 0.359 e. The number of thioether (sulfide) groups is 1. The number of aromatic amines is 1. The van der Waals surface area contributed by atoms with Gasteiger partial charge in [0, 0.05) is 29.3 Å². The van der Waals surface area contributed by atoms with Crippen molar-refractivity contribution in [2.24, 2.45) is 0 Å². The van der Waals surface area contributed by atoms with E-state index in [1.54, 1.807) is 18.5 Å². The fourth-order valence-electron chi connectivity index (χ4n) is 1.93. The molecule has 0 amide bonds. The van der Waals surface area contributed by atoms with Crippen LogP contribution in [0.5, 0.6) is 0 Å². The quantitative estimate of drug-likeness (QED) is 0.575. The number of aromatic nitrogens is 3. The molecule has 106 valence electrons. The van der Waals surface area contributed by atoms with Gasteiger partial charge in [0.1, 0.15) is 0 Å². The van der Waals surface area contributed by atoms with Crippen LogP contribution in [0.15, 0.2) is 60.1 Å². The second-order valence-electron chi connectivity index (χ2n) is 4.36. The van der Waals surface area contributed by atoms with Gasteiger partial charge in [0.2, 0.25) is 0 Å². The van der Waals surface area contributed by atoms with Gasteiger partial charge in [0.05, 0.1) is 11.4 Å². The predicted octanol–water partition coefficient (Wildman–Crippen LogP) is 3.83. The molecule has 1 aromatic carbocycles. The van der Waals surface area contributed by atoms with E-state index in [2.05, 4.69) is 9.97 Å². The predicted molar refractivity (Wildman–Crippen MR) is 84.4 cm³/mol. The number of carbonyl (C=O) groups excluding carboxylic acids is 1. The Bertz CT molecular complexity index is 752. The number of hydrogen-bond acceptors (Lipinski definition) is 3. The monoisotopic (exact) mass is 317 g/mol. The zero-order valence-electron chi connectivity index (χ0n) is 11.0. The summed E-state index contributed by atoms with van der Waals surface area (Å²) in [6.07, 6.45) is 5.31. The van der Waals surface area contributed by atoms with Crippen LogP contribution in [0.4, 0.5) is 0 Å². The molecule has 0 radical (unpaired) electrons. The Labute approximate surface area is 131 Å². The number of rotatable bonds is 5. The number of hydrogen-bond donors (Lipinski definition) is 1. The van der Waals surface area contributed by atoms with Crippen LogP contribution in [0, 0.1) is 0 Å². The van der Waals surface area contributed by atoms with Crippen molar-refractivity contribution in [2.75, 3.05) is 5.75 Å².